The van der Waals surface area contributed by atoms with Crippen molar-refractivity contribution in [2.75, 3.05) is 13.7 Å². The molecule has 3 N–H and O–H groups in total. The highest BCUT2D eigenvalue weighted by molar-refractivity contribution is 7.92. The van der Waals surface area contributed by atoms with E-state index in [9.17, 15) is 13.2 Å². The van der Waals surface area contributed by atoms with Gasteiger partial charge in [-0.05, 0) is 55.9 Å². The molecule has 0 fully saturated rings. The maximum atomic E-state index is 12.6. The third-order valence-electron chi connectivity index (χ3n) is 3.76. The summed E-state index contributed by atoms with van der Waals surface area (Å²) in [6.07, 6.45) is 1.53. The van der Waals surface area contributed by atoms with Crippen LogP contribution in [0.15, 0.2) is 45.9 Å². The largest absolute Gasteiger partial charge is 0.492 e. The van der Waals surface area contributed by atoms with Gasteiger partial charge in [0, 0.05) is 7.05 Å². The minimum absolute atomic E-state index is 0.00352. The lowest BCUT2D eigenvalue weighted by atomic mass is 10.1. The van der Waals surface area contributed by atoms with Crippen LogP contribution in [0.5, 0.6) is 5.75 Å². The van der Waals surface area contributed by atoms with Crippen molar-refractivity contribution in [3.8, 4) is 5.75 Å². The minimum atomic E-state index is -3.97. The Kier molecular flexibility index (Phi) is 7.41. The summed E-state index contributed by atoms with van der Waals surface area (Å²) in [6.45, 7) is 3.84. The summed E-state index contributed by atoms with van der Waals surface area (Å²) < 4.78 is 38.2. The van der Waals surface area contributed by atoms with Crippen LogP contribution in [0.1, 0.15) is 31.2 Å². The van der Waals surface area contributed by atoms with Crippen LogP contribution >= 0.6 is 12.2 Å². The second-order valence-electron chi connectivity index (χ2n) is 5.88. The van der Waals surface area contributed by atoms with Gasteiger partial charge in [-0.2, -0.15) is 0 Å². The van der Waals surface area contributed by atoms with Gasteiger partial charge in [0.15, 0.2) is 5.11 Å². The zero-order valence-corrected chi connectivity index (χ0v) is 17.4. The average molecular weight is 426 g/mol. The number of ether oxygens (including phenoxy) is 1. The smallest absolute Gasteiger partial charge is 0.267 e. The number of thiocarbonyl (C=S) groups is 1. The Morgan fingerprint density at radius 1 is 1.32 bits per heavy atom. The molecule has 1 amide bonds. The van der Waals surface area contributed by atoms with E-state index in [0.717, 1.165) is 0 Å². The Balaban J connectivity index is 2.21. The minimum Gasteiger partial charge on any atom is -0.492 e. The van der Waals surface area contributed by atoms with Gasteiger partial charge in [-0.3, -0.25) is 9.52 Å². The van der Waals surface area contributed by atoms with E-state index in [1.807, 2.05) is 0 Å². The molecule has 10 heteroatoms. The predicted molar refractivity (Wildman–Crippen MR) is 109 cm³/mol. The molecule has 152 valence electrons. The molecule has 1 aromatic carbocycles. The second kappa shape index (κ2) is 9.56. The Hall–Kier alpha value is -2.59. The highest BCUT2D eigenvalue weighted by atomic mass is 32.2. The highest BCUT2D eigenvalue weighted by Crippen LogP contribution is 2.25. The van der Waals surface area contributed by atoms with Crippen molar-refractivity contribution in [1.82, 2.24) is 15.4 Å². The van der Waals surface area contributed by atoms with Crippen LogP contribution in [0.4, 0.5) is 0 Å². The Bertz CT molecular complexity index is 927. The number of rotatable bonds is 8. The maximum Gasteiger partial charge on any atom is 0.267 e. The van der Waals surface area contributed by atoms with Gasteiger partial charge < -0.3 is 19.8 Å². The van der Waals surface area contributed by atoms with Crippen molar-refractivity contribution in [3.05, 3.63) is 47.9 Å². The van der Waals surface area contributed by atoms with Gasteiger partial charge in [0.05, 0.1) is 25.3 Å². The topological polar surface area (TPSA) is 110 Å². The molecule has 1 atom stereocenters. The molecule has 0 saturated heterocycles. The van der Waals surface area contributed by atoms with Crippen molar-refractivity contribution < 1.29 is 22.4 Å². The quantitative estimate of drug-likeness (QED) is 0.554. The summed E-state index contributed by atoms with van der Waals surface area (Å²) in [4.78, 5) is 12.2. The van der Waals surface area contributed by atoms with Gasteiger partial charge in [-0.1, -0.05) is 6.07 Å². The molecule has 0 aliphatic heterocycles. The molecular formula is C18H23N3O5S2. The van der Waals surface area contributed by atoms with Crippen LogP contribution in [0.25, 0.3) is 0 Å². The molecule has 0 spiro atoms. The first-order valence-corrected chi connectivity index (χ1v) is 10.5. The molecule has 28 heavy (non-hydrogen) atoms. The van der Waals surface area contributed by atoms with Crippen molar-refractivity contribution in [2.24, 2.45) is 0 Å². The monoisotopic (exact) mass is 425 g/mol. The predicted octanol–water partition coefficient (Wildman–Crippen LogP) is 1.88. The fourth-order valence-electron chi connectivity index (χ4n) is 2.46. The molecule has 0 bridgehead atoms. The summed E-state index contributed by atoms with van der Waals surface area (Å²) in [5.41, 5.74) is 0.517. The molecule has 2 rings (SSSR count). The number of nitrogens with one attached hydrogen (secondary N) is 3. The summed E-state index contributed by atoms with van der Waals surface area (Å²) in [5, 5.41) is 5.32. The maximum absolute atomic E-state index is 12.6. The summed E-state index contributed by atoms with van der Waals surface area (Å²) in [6, 6.07) is 7.79. The van der Waals surface area contributed by atoms with E-state index in [-0.39, 0.29) is 34.1 Å². The molecular weight excluding hydrogens is 402 g/mol. The van der Waals surface area contributed by atoms with E-state index in [4.69, 9.17) is 21.4 Å². The normalized spacial score (nSPS) is 12.1. The molecule has 1 unspecified atom stereocenters. The SMILES string of the molecule is CCOc1ccc(CC(=O)NC(C)c2ccco2)cc1S(=O)(=O)NC(=S)NC. The van der Waals surface area contributed by atoms with Crippen LogP contribution in [-0.4, -0.2) is 33.1 Å². The summed E-state index contributed by atoms with van der Waals surface area (Å²) in [5.74, 6) is 0.546. The molecule has 1 heterocycles. The standard InChI is InChI=1S/C18H23N3O5S2/c1-4-25-15-8-7-13(10-16(15)28(23,24)21-18(27)19-3)11-17(22)20-12(2)14-6-5-9-26-14/h5-10,12H,4,11H2,1-3H3,(H,20,22)(H2,19,21,27). The Morgan fingerprint density at radius 3 is 2.68 bits per heavy atom. The van der Waals surface area contributed by atoms with E-state index >= 15 is 0 Å². The molecule has 0 aliphatic rings. The van der Waals surface area contributed by atoms with Crippen molar-refractivity contribution in [2.45, 2.75) is 31.2 Å². The van der Waals surface area contributed by atoms with Gasteiger partial charge in [0.2, 0.25) is 5.91 Å². The van der Waals surface area contributed by atoms with Gasteiger partial charge >= 0.3 is 0 Å². The number of amides is 1. The summed E-state index contributed by atoms with van der Waals surface area (Å²) >= 11 is 4.89. The number of hydrogen-bond acceptors (Lipinski definition) is 6. The van der Waals surface area contributed by atoms with E-state index in [1.165, 1.54) is 25.4 Å². The van der Waals surface area contributed by atoms with Crippen LogP contribution in [0.3, 0.4) is 0 Å². The van der Waals surface area contributed by atoms with Crippen LogP contribution < -0.4 is 20.1 Å². The lowest BCUT2D eigenvalue weighted by Gasteiger charge is -2.15. The number of furan rings is 1. The van der Waals surface area contributed by atoms with Crippen LogP contribution in [-0.2, 0) is 21.2 Å². The molecule has 0 aliphatic carbocycles. The third kappa shape index (κ3) is 5.70. The third-order valence-corrected chi connectivity index (χ3v) is 5.57. The molecule has 2 aromatic rings. The molecule has 1 aromatic heterocycles. The average Bonchev–Trinajstić information content (AvgIpc) is 3.17. The van der Waals surface area contributed by atoms with E-state index in [2.05, 4.69) is 15.4 Å². The van der Waals surface area contributed by atoms with E-state index < -0.39 is 10.0 Å². The van der Waals surface area contributed by atoms with Crippen molar-refractivity contribution in [3.63, 3.8) is 0 Å². The number of hydrogen-bond donors (Lipinski definition) is 3. The first-order valence-electron chi connectivity index (χ1n) is 8.59. The zero-order valence-electron chi connectivity index (χ0n) is 15.8. The number of sulfonamides is 1. The Morgan fingerprint density at radius 2 is 2.07 bits per heavy atom. The Labute approximate surface area is 169 Å². The van der Waals surface area contributed by atoms with Crippen molar-refractivity contribution >= 4 is 33.3 Å². The lowest BCUT2D eigenvalue weighted by Crippen LogP contribution is -2.37. The second-order valence-corrected chi connectivity index (χ2v) is 7.94. The van der Waals surface area contributed by atoms with Crippen LogP contribution in [0.2, 0.25) is 0 Å². The molecule has 0 saturated carbocycles. The van der Waals surface area contributed by atoms with Gasteiger partial charge in [-0.25, -0.2) is 8.42 Å². The first kappa shape index (κ1) is 21.7. The fraction of sp³-hybridized carbons (Fsp3) is 0.333. The number of carbonyl (C=O) groups excluding carboxylic acids is 1. The van der Waals surface area contributed by atoms with Gasteiger partial charge in [0.1, 0.15) is 16.4 Å². The number of benzene rings is 1. The lowest BCUT2D eigenvalue weighted by molar-refractivity contribution is -0.121. The molecule has 0 radical (unpaired) electrons. The fourth-order valence-corrected chi connectivity index (χ4v) is 3.95. The van der Waals surface area contributed by atoms with E-state index in [0.29, 0.717) is 17.9 Å². The number of carbonyl (C=O) groups is 1. The first-order chi connectivity index (χ1) is 13.3. The highest BCUT2D eigenvalue weighted by Gasteiger charge is 2.22. The summed E-state index contributed by atoms with van der Waals surface area (Å²) in [7, 11) is -2.46. The van der Waals surface area contributed by atoms with Gasteiger partial charge in [-0.15, -0.1) is 0 Å². The van der Waals surface area contributed by atoms with Crippen molar-refractivity contribution in [1.29, 1.82) is 0 Å². The van der Waals surface area contributed by atoms with Crippen LogP contribution in [0, 0.1) is 0 Å². The molecule has 8 nitrogen and oxygen atoms in total. The van der Waals surface area contributed by atoms with Gasteiger partial charge in [0.25, 0.3) is 10.0 Å². The zero-order chi connectivity index (χ0) is 20.7. The van der Waals surface area contributed by atoms with E-state index in [1.54, 1.807) is 32.0 Å².